The molecule has 1 aliphatic rings. The fourth-order valence-corrected chi connectivity index (χ4v) is 2.79. The summed E-state index contributed by atoms with van der Waals surface area (Å²) in [6.07, 6.45) is 2.37. The number of nitrogens with one attached hydrogen (secondary N) is 1. The third-order valence-electron chi connectivity index (χ3n) is 4.39. The maximum atomic E-state index is 3.71. The first kappa shape index (κ1) is 15.5. The smallest absolute Gasteiger partial charge is 0.0345 e. The van der Waals surface area contributed by atoms with Crippen LogP contribution in [0.1, 0.15) is 18.9 Å². The first-order valence-corrected chi connectivity index (χ1v) is 7.81. The topological polar surface area (TPSA) is 18.5 Å². The Labute approximate surface area is 124 Å². The predicted octanol–water partition coefficient (Wildman–Crippen LogP) is 1.84. The average molecular weight is 275 g/mol. The van der Waals surface area contributed by atoms with E-state index in [1.54, 1.807) is 0 Å². The lowest BCUT2D eigenvalue weighted by Crippen LogP contribution is -2.54. The number of nitrogens with zero attached hydrogens (tertiary/aromatic N) is 2. The molecule has 112 valence electrons. The van der Waals surface area contributed by atoms with Gasteiger partial charge in [-0.15, -0.1) is 0 Å². The third-order valence-corrected chi connectivity index (χ3v) is 4.39. The zero-order valence-corrected chi connectivity index (χ0v) is 13.2. The van der Waals surface area contributed by atoms with E-state index in [0.717, 1.165) is 13.0 Å². The summed E-state index contributed by atoms with van der Waals surface area (Å²) in [5, 5.41) is 3.71. The van der Waals surface area contributed by atoms with Gasteiger partial charge in [-0.05, 0) is 39.4 Å². The van der Waals surface area contributed by atoms with Gasteiger partial charge in [0.25, 0.3) is 0 Å². The normalized spacial score (nSPS) is 22.9. The van der Waals surface area contributed by atoms with Crippen LogP contribution in [0.4, 0.5) is 0 Å². The summed E-state index contributed by atoms with van der Waals surface area (Å²) in [6.45, 7) is 6.94. The number of hydrogen-bond donors (Lipinski definition) is 1. The predicted molar refractivity (Wildman–Crippen MR) is 86.1 cm³/mol. The minimum atomic E-state index is 0.579. The first-order chi connectivity index (χ1) is 9.65. The van der Waals surface area contributed by atoms with Gasteiger partial charge in [0.05, 0.1) is 0 Å². The van der Waals surface area contributed by atoms with Gasteiger partial charge in [0, 0.05) is 38.3 Å². The summed E-state index contributed by atoms with van der Waals surface area (Å²) in [5.41, 5.74) is 1.44. The Morgan fingerprint density at radius 2 is 1.95 bits per heavy atom. The first-order valence-electron chi connectivity index (χ1n) is 7.81. The zero-order valence-electron chi connectivity index (χ0n) is 13.2. The Morgan fingerprint density at radius 1 is 1.20 bits per heavy atom. The van der Waals surface area contributed by atoms with Gasteiger partial charge >= 0.3 is 0 Å². The molecule has 2 rings (SSSR count). The molecule has 0 saturated carbocycles. The van der Waals surface area contributed by atoms with Crippen LogP contribution < -0.4 is 5.32 Å². The second-order valence-electron chi connectivity index (χ2n) is 6.23. The highest BCUT2D eigenvalue weighted by atomic mass is 15.3. The fourth-order valence-electron chi connectivity index (χ4n) is 2.79. The molecule has 1 N–H and O–H groups in total. The lowest BCUT2D eigenvalue weighted by Gasteiger charge is -2.38. The molecule has 1 aliphatic heterocycles. The van der Waals surface area contributed by atoms with Crippen LogP contribution in [0.5, 0.6) is 0 Å². The van der Waals surface area contributed by atoms with Crippen molar-refractivity contribution in [2.24, 2.45) is 0 Å². The van der Waals surface area contributed by atoms with E-state index >= 15 is 0 Å². The van der Waals surface area contributed by atoms with Crippen molar-refractivity contribution in [3.8, 4) is 0 Å². The highest BCUT2D eigenvalue weighted by molar-refractivity contribution is 5.14. The van der Waals surface area contributed by atoms with Gasteiger partial charge in [-0.2, -0.15) is 0 Å². The van der Waals surface area contributed by atoms with Crippen LogP contribution in [-0.2, 0) is 6.42 Å². The van der Waals surface area contributed by atoms with E-state index in [9.17, 15) is 0 Å². The Morgan fingerprint density at radius 3 is 2.70 bits per heavy atom. The second-order valence-corrected chi connectivity index (χ2v) is 6.23. The molecule has 1 fully saturated rings. The highest BCUT2D eigenvalue weighted by Crippen LogP contribution is 2.07. The highest BCUT2D eigenvalue weighted by Gasteiger charge is 2.21. The maximum absolute atomic E-state index is 3.71. The van der Waals surface area contributed by atoms with Crippen LogP contribution in [0.15, 0.2) is 30.3 Å². The summed E-state index contributed by atoms with van der Waals surface area (Å²) >= 11 is 0. The van der Waals surface area contributed by atoms with Gasteiger partial charge in [-0.3, -0.25) is 4.90 Å². The van der Waals surface area contributed by atoms with Crippen molar-refractivity contribution >= 4 is 0 Å². The lowest BCUT2D eigenvalue weighted by molar-refractivity contribution is 0.111. The zero-order chi connectivity index (χ0) is 14.4. The fraction of sp³-hybridized carbons (Fsp3) is 0.647. The molecule has 20 heavy (non-hydrogen) atoms. The van der Waals surface area contributed by atoms with E-state index in [-0.39, 0.29) is 0 Å². The van der Waals surface area contributed by atoms with Crippen molar-refractivity contribution < 1.29 is 0 Å². The molecule has 0 amide bonds. The summed E-state index contributed by atoms with van der Waals surface area (Å²) in [5.74, 6) is 0. The summed E-state index contributed by atoms with van der Waals surface area (Å²) < 4.78 is 0. The van der Waals surface area contributed by atoms with Gasteiger partial charge in [-0.25, -0.2) is 0 Å². The number of piperazine rings is 1. The van der Waals surface area contributed by atoms with Crippen molar-refractivity contribution in [2.45, 2.75) is 31.8 Å². The molecule has 0 spiro atoms. The maximum Gasteiger partial charge on any atom is 0.0345 e. The van der Waals surface area contributed by atoms with Crippen molar-refractivity contribution in [1.29, 1.82) is 0 Å². The van der Waals surface area contributed by atoms with Crippen LogP contribution in [0, 0.1) is 0 Å². The standard InChI is InChI=1S/C17H29N3/c1-15(9-10-16-7-5-4-6-8-16)18-13-17-14-19(2)11-12-20(17)3/h4-8,15,17-18H,9-14H2,1-3H3. The molecule has 0 radical (unpaired) electrons. The van der Waals surface area contributed by atoms with Gasteiger partial charge < -0.3 is 10.2 Å². The van der Waals surface area contributed by atoms with E-state index in [0.29, 0.717) is 12.1 Å². The Kier molecular flexibility index (Phi) is 6.02. The van der Waals surface area contributed by atoms with Crippen molar-refractivity contribution in [3.05, 3.63) is 35.9 Å². The van der Waals surface area contributed by atoms with Crippen LogP contribution in [0.25, 0.3) is 0 Å². The van der Waals surface area contributed by atoms with Crippen LogP contribution in [0.3, 0.4) is 0 Å². The van der Waals surface area contributed by atoms with Gasteiger partial charge in [0.15, 0.2) is 0 Å². The van der Waals surface area contributed by atoms with E-state index in [4.69, 9.17) is 0 Å². The van der Waals surface area contributed by atoms with Crippen molar-refractivity contribution in [2.75, 3.05) is 40.3 Å². The average Bonchev–Trinajstić information content (AvgIpc) is 2.47. The molecule has 2 unspecified atom stereocenters. The Balaban J connectivity index is 1.68. The number of hydrogen-bond acceptors (Lipinski definition) is 3. The second kappa shape index (κ2) is 7.77. The SMILES string of the molecule is CC(CCc1ccccc1)NCC1CN(C)CCN1C. The largest absolute Gasteiger partial charge is 0.313 e. The monoisotopic (exact) mass is 275 g/mol. The van der Waals surface area contributed by atoms with Crippen LogP contribution in [-0.4, -0.2) is 62.2 Å². The Hall–Kier alpha value is -0.900. The molecule has 1 saturated heterocycles. The van der Waals surface area contributed by atoms with E-state index in [1.807, 2.05) is 0 Å². The number of likely N-dealkylation sites (N-methyl/N-ethyl adjacent to an activating group) is 2. The molecule has 3 heteroatoms. The van der Waals surface area contributed by atoms with Crippen LogP contribution in [0.2, 0.25) is 0 Å². The molecule has 0 aliphatic carbocycles. The summed E-state index contributed by atoms with van der Waals surface area (Å²) in [7, 11) is 4.47. The minimum absolute atomic E-state index is 0.579. The molecule has 1 heterocycles. The molecule has 0 bridgehead atoms. The molecular formula is C17H29N3. The number of aryl methyl sites for hydroxylation is 1. The number of benzene rings is 1. The molecule has 2 atom stereocenters. The number of rotatable bonds is 6. The van der Waals surface area contributed by atoms with Gasteiger partial charge in [-0.1, -0.05) is 30.3 Å². The van der Waals surface area contributed by atoms with E-state index in [2.05, 4.69) is 66.5 Å². The molecule has 1 aromatic rings. The van der Waals surface area contributed by atoms with Crippen molar-refractivity contribution in [3.63, 3.8) is 0 Å². The van der Waals surface area contributed by atoms with Crippen LogP contribution >= 0.6 is 0 Å². The lowest BCUT2D eigenvalue weighted by atomic mass is 10.1. The summed E-state index contributed by atoms with van der Waals surface area (Å²) in [4.78, 5) is 4.91. The third kappa shape index (κ3) is 4.89. The van der Waals surface area contributed by atoms with E-state index in [1.165, 1.54) is 31.6 Å². The molecule has 3 nitrogen and oxygen atoms in total. The Bertz CT molecular complexity index is 379. The van der Waals surface area contributed by atoms with Gasteiger partial charge in [0.1, 0.15) is 0 Å². The van der Waals surface area contributed by atoms with Crippen molar-refractivity contribution in [1.82, 2.24) is 15.1 Å². The quantitative estimate of drug-likeness (QED) is 0.855. The molecule has 0 aromatic heterocycles. The minimum Gasteiger partial charge on any atom is -0.313 e. The molecular weight excluding hydrogens is 246 g/mol. The van der Waals surface area contributed by atoms with Gasteiger partial charge in [0.2, 0.25) is 0 Å². The summed E-state index contributed by atoms with van der Waals surface area (Å²) in [6, 6.07) is 12.0. The molecule has 1 aromatic carbocycles. The van der Waals surface area contributed by atoms with E-state index < -0.39 is 0 Å².